The largest absolute Gasteiger partial charge is 0.355 e. The van der Waals surface area contributed by atoms with Gasteiger partial charge in [-0.3, -0.25) is 4.79 Å². The van der Waals surface area contributed by atoms with Crippen molar-refractivity contribution >= 4 is 43.4 Å². The van der Waals surface area contributed by atoms with E-state index in [1.807, 2.05) is 35.2 Å². The standard InChI is InChI=1S/C19H18BrN3O3S/c20-14-5-7-15(8-6-14)21-19(24)13-9-11-23(12-10-13)18-16-3-1-2-4-17(16)27(25,26)22-18/h1-8,13H,9-12H2,(H,21,24). The fourth-order valence-electron chi connectivity index (χ4n) is 3.45. The van der Waals surface area contributed by atoms with Crippen LogP contribution in [0.5, 0.6) is 0 Å². The number of fused-ring (bicyclic) bond motifs is 1. The van der Waals surface area contributed by atoms with Crippen molar-refractivity contribution in [3.05, 3.63) is 58.6 Å². The molecular weight excluding hydrogens is 430 g/mol. The number of carbonyl (C=O) groups is 1. The van der Waals surface area contributed by atoms with Gasteiger partial charge in [0, 0.05) is 34.7 Å². The fraction of sp³-hybridized carbons (Fsp3) is 0.263. The lowest BCUT2D eigenvalue weighted by Crippen LogP contribution is -2.41. The van der Waals surface area contributed by atoms with E-state index in [2.05, 4.69) is 25.6 Å². The minimum atomic E-state index is -3.62. The second-order valence-corrected chi connectivity index (χ2v) is 9.13. The predicted octanol–water partition coefficient (Wildman–Crippen LogP) is 3.25. The van der Waals surface area contributed by atoms with Crippen LogP contribution in [0.15, 0.2) is 62.3 Å². The van der Waals surface area contributed by atoms with Crippen molar-refractivity contribution < 1.29 is 13.2 Å². The Kier molecular flexibility index (Phi) is 4.77. The zero-order chi connectivity index (χ0) is 19.0. The Morgan fingerprint density at radius 1 is 1.07 bits per heavy atom. The number of sulfonamides is 1. The van der Waals surface area contributed by atoms with Crippen LogP contribution in [0.1, 0.15) is 18.4 Å². The number of nitrogens with zero attached hydrogens (tertiary/aromatic N) is 2. The van der Waals surface area contributed by atoms with Crippen molar-refractivity contribution in [3.8, 4) is 0 Å². The van der Waals surface area contributed by atoms with Gasteiger partial charge in [-0.05, 0) is 49.2 Å². The normalized spacial score (nSPS) is 18.7. The van der Waals surface area contributed by atoms with Gasteiger partial charge in [-0.1, -0.05) is 28.1 Å². The Bertz CT molecular complexity index is 1010. The molecule has 140 valence electrons. The molecule has 2 aromatic rings. The summed E-state index contributed by atoms with van der Waals surface area (Å²) in [5, 5.41) is 2.95. The molecule has 0 aromatic heterocycles. The number of benzene rings is 2. The van der Waals surface area contributed by atoms with E-state index in [0.717, 1.165) is 10.2 Å². The maximum absolute atomic E-state index is 12.5. The average molecular weight is 448 g/mol. The molecule has 27 heavy (non-hydrogen) atoms. The summed E-state index contributed by atoms with van der Waals surface area (Å²) in [6.45, 7) is 1.20. The summed E-state index contributed by atoms with van der Waals surface area (Å²) in [6.07, 6.45) is 1.31. The van der Waals surface area contributed by atoms with Gasteiger partial charge in [0.05, 0.1) is 0 Å². The maximum Gasteiger partial charge on any atom is 0.285 e. The van der Waals surface area contributed by atoms with Crippen LogP contribution in [0.2, 0.25) is 0 Å². The number of likely N-dealkylation sites (tertiary alicyclic amines) is 1. The number of rotatable bonds is 2. The molecule has 0 atom stereocenters. The summed E-state index contributed by atoms with van der Waals surface area (Å²) in [7, 11) is -3.62. The van der Waals surface area contributed by atoms with Gasteiger partial charge in [0.15, 0.2) is 5.84 Å². The molecule has 0 radical (unpaired) electrons. The molecule has 1 fully saturated rings. The minimum Gasteiger partial charge on any atom is -0.355 e. The molecule has 0 saturated carbocycles. The van der Waals surface area contributed by atoms with E-state index in [1.165, 1.54) is 0 Å². The van der Waals surface area contributed by atoms with Crippen LogP contribution in [-0.4, -0.2) is 38.2 Å². The van der Waals surface area contributed by atoms with E-state index >= 15 is 0 Å². The lowest BCUT2D eigenvalue weighted by atomic mass is 9.95. The second kappa shape index (κ2) is 7.09. The summed E-state index contributed by atoms with van der Waals surface area (Å²) in [5.41, 5.74) is 1.42. The number of carbonyl (C=O) groups excluding carboxylic acids is 1. The first-order valence-corrected chi connectivity index (χ1v) is 10.9. The molecular formula is C19H18BrN3O3S. The van der Waals surface area contributed by atoms with Crippen LogP contribution < -0.4 is 5.32 Å². The third-order valence-corrected chi connectivity index (χ3v) is 6.74. The van der Waals surface area contributed by atoms with Crippen LogP contribution >= 0.6 is 15.9 Å². The van der Waals surface area contributed by atoms with Crippen molar-refractivity contribution in [2.45, 2.75) is 17.7 Å². The SMILES string of the molecule is O=C(Nc1ccc(Br)cc1)C1CCN(C2=NS(=O)(=O)c3ccccc32)CC1. The highest BCUT2D eigenvalue weighted by molar-refractivity contribution is 9.10. The van der Waals surface area contributed by atoms with E-state index < -0.39 is 10.0 Å². The fourth-order valence-corrected chi connectivity index (χ4v) is 4.94. The number of anilines is 1. The van der Waals surface area contributed by atoms with E-state index in [1.54, 1.807) is 18.2 Å². The van der Waals surface area contributed by atoms with Crippen LogP contribution in [0, 0.1) is 5.92 Å². The van der Waals surface area contributed by atoms with Crippen LogP contribution in [-0.2, 0) is 14.8 Å². The quantitative estimate of drug-likeness (QED) is 0.765. The molecule has 2 aliphatic rings. The first-order valence-electron chi connectivity index (χ1n) is 8.70. The molecule has 2 heterocycles. The maximum atomic E-state index is 12.5. The van der Waals surface area contributed by atoms with Crippen molar-refractivity contribution in [1.82, 2.24) is 4.90 Å². The lowest BCUT2D eigenvalue weighted by molar-refractivity contribution is -0.120. The Labute approximate surface area is 166 Å². The van der Waals surface area contributed by atoms with E-state index in [-0.39, 0.29) is 16.7 Å². The Hall–Kier alpha value is -2.19. The van der Waals surface area contributed by atoms with Gasteiger partial charge < -0.3 is 10.2 Å². The predicted molar refractivity (Wildman–Crippen MR) is 107 cm³/mol. The van der Waals surface area contributed by atoms with E-state index in [9.17, 15) is 13.2 Å². The van der Waals surface area contributed by atoms with E-state index in [4.69, 9.17) is 0 Å². The second-order valence-electron chi connectivity index (χ2n) is 6.64. The Morgan fingerprint density at radius 2 is 1.74 bits per heavy atom. The number of nitrogens with one attached hydrogen (secondary N) is 1. The monoisotopic (exact) mass is 447 g/mol. The third kappa shape index (κ3) is 3.64. The summed E-state index contributed by atoms with van der Waals surface area (Å²) in [5.74, 6) is 0.398. The number of halogens is 1. The van der Waals surface area contributed by atoms with Crippen molar-refractivity contribution in [3.63, 3.8) is 0 Å². The zero-order valence-electron chi connectivity index (χ0n) is 14.4. The topological polar surface area (TPSA) is 78.8 Å². The number of amidine groups is 1. The molecule has 0 aliphatic carbocycles. The first-order chi connectivity index (χ1) is 12.9. The van der Waals surface area contributed by atoms with Gasteiger partial charge in [0.25, 0.3) is 10.0 Å². The Morgan fingerprint density at radius 3 is 2.44 bits per heavy atom. The molecule has 6 nitrogen and oxygen atoms in total. The average Bonchev–Trinajstić information content (AvgIpc) is 2.95. The van der Waals surface area contributed by atoms with Gasteiger partial charge in [0.2, 0.25) is 5.91 Å². The van der Waals surface area contributed by atoms with Crippen LogP contribution in [0.4, 0.5) is 5.69 Å². The van der Waals surface area contributed by atoms with Crippen LogP contribution in [0.3, 0.4) is 0 Å². The molecule has 4 rings (SSSR count). The molecule has 0 bridgehead atoms. The summed E-state index contributed by atoms with van der Waals surface area (Å²) >= 11 is 3.37. The van der Waals surface area contributed by atoms with Gasteiger partial charge in [-0.2, -0.15) is 8.42 Å². The molecule has 1 saturated heterocycles. The smallest absolute Gasteiger partial charge is 0.285 e. The molecule has 2 aliphatic heterocycles. The van der Waals surface area contributed by atoms with Gasteiger partial charge >= 0.3 is 0 Å². The summed E-state index contributed by atoms with van der Waals surface area (Å²) < 4.78 is 29.4. The van der Waals surface area contributed by atoms with Gasteiger partial charge in [0.1, 0.15) is 4.90 Å². The highest BCUT2D eigenvalue weighted by Crippen LogP contribution is 2.30. The lowest BCUT2D eigenvalue weighted by Gasteiger charge is -2.32. The minimum absolute atomic E-state index is 0.00152. The van der Waals surface area contributed by atoms with Crippen molar-refractivity contribution in [2.24, 2.45) is 10.3 Å². The van der Waals surface area contributed by atoms with Gasteiger partial charge in [-0.15, -0.1) is 4.40 Å². The van der Waals surface area contributed by atoms with Gasteiger partial charge in [-0.25, -0.2) is 0 Å². The molecule has 1 N–H and O–H groups in total. The molecule has 2 aromatic carbocycles. The van der Waals surface area contributed by atoms with Crippen molar-refractivity contribution in [2.75, 3.05) is 18.4 Å². The number of hydrogen-bond acceptors (Lipinski definition) is 4. The highest BCUT2D eigenvalue weighted by atomic mass is 79.9. The number of piperidine rings is 1. The Balaban J connectivity index is 1.42. The number of amides is 1. The summed E-state index contributed by atoms with van der Waals surface area (Å²) in [4.78, 5) is 14.7. The third-order valence-electron chi connectivity index (χ3n) is 4.89. The van der Waals surface area contributed by atoms with Crippen molar-refractivity contribution in [1.29, 1.82) is 0 Å². The van der Waals surface area contributed by atoms with Crippen LogP contribution in [0.25, 0.3) is 0 Å². The number of hydrogen-bond donors (Lipinski definition) is 1. The zero-order valence-corrected chi connectivity index (χ0v) is 16.8. The molecule has 0 unspecified atom stereocenters. The molecule has 0 spiro atoms. The summed E-state index contributed by atoms with van der Waals surface area (Å²) in [6, 6.07) is 14.4. The molecule has 8 heteroatoms. The van der Waals surface area contributed by atoms with E-state index in [0.29, 0.717) is 37.3 Å². The first kappa shape index (κ1) is 18.2. The highest BCUT2D eigenvalue weighted by Gasteiger charge is 2.34. The molecule has 1 amide bonds.